The molecule has 0 bridgehead atoms. The van der Waals surface area contributed by atoms with E-state index in [1.54, 1.807) is 18.1 Å². The van der Waals surface area contributed by atoms with Gasteiger partial charge in [-0.3, -0.25) is 9.59 Å². The van der Waals surface area contributed by atoms with Gasteiger partial charge in [0.2, 0.25) is 5.91 Å². The predicted octanol–water partition coefficient (Wildman–Crippen LogP) is 2.91. The van der Waals surface area contributed by atoms with Gasteiger partial charge in [-0.05, 0) is 30.0 Å². The number of ether oxygens (including phenoxy) is 2. The quantitative estimate of drug-likeness (QED) is 0.765. The van der Waals surface area contributed by atoms with Crippen molar-refractivity contribution < 1.29 is 19.1 Å². The number of nitrogens with one attached hydrogen (secondary N) is 1. The minimum absolute atomic E-state index is 0.0641. The lowest BCUT2D eigenvalue weighted by Crippen LogP contribution is -2.49. The lowest BCUT2D eigenvalue weighted by atomic mass is 9.79. The van der Waals surface area contributed by atoms with Gasteiger partial charge in [-0.15, -0.1) is 0 Å². The van der Waals surface area contributed by atoms with Gasteiger partial charge in [0.15, 0.2) is 0 Å². The molecule has 30 heavy (non-hydrogen) atoms. The Morgan fingerprint density at radius 3 is 2.67 bits per heavy atom. The minimum Gasteiger partial charge on any atom is -0.383 e. The molecule has 6 heteroatoms. The number of methoxy groups -OCH3 is 1. The molecule has 0 aliphatic carbocycles. The summed E-state index contributed by atoms with van der Waals surface area (Å²) in [6.07, 6.45) is 2.05. The van der Waals surface area contributed by atoms with E-state index in [-0.39, 0.29) is 17.9 Å². The van der Waals surface area contributed by atoms with Gasteiger partial charge >= 0.3 is 0 Å². The Morgan fingerprint density at radius 2 is 1.93 bits per heavy atom. The van der Waals surface area contributed by atoms with Crippen molar-refractivity contribution in [1.29, 1.82) is 0 Å². The van der Waals surface area contributed by atoms with Crippen LogP contribution in [-0.4, -0.2) is 56.2 Å². The maximum atomic E-state index is 13.5. The van der Waals surface area contributed by atoms with Gasteiger partial charge in [0.25, 0.3) is 5.91 Å². The number of nitrogens with zero attached hydrogens (tertiary/aromatic N) is 1. The molecular formula is C24H28N2O4. The first-order valence-corrected chi connectivity index (χ1v) is 10.5. The number of hydrogen-bond acceptors (Lipinski definition) is 4. The summed E-state index contributed by atoms with van der Waals surface area (Å²) in [5.74, 6) is -0.652. The molecule has 1 N–H and O–H groups in total. The number of rotatable bonds is 7. The Morgan fingerprint density at radius 1 is 1.17 bits per heavy atom. The van der Waals surface area contributed by atoms with Crippen LogP contribution in [0.1, 0.15) is 46.3 Å². The van der Waals surface area contributed by atoms with Crippen LogP contribution in [0.4, 0.5) is 0 Å². The summed E-state index contributed by atoms with van der Waals surface area (Å²) in [5.41, 5.74) is 2.29. The molecule has 1 fully saturated rings. The Labute approximate surface area is 177 Å². The van der Waals surface area contributed by atoms with E-state index in [1.807, 2.05) is 48.5 Å². The van der Waals surface area contributed by atoms with Gasteiger partial charge in [0.1, 0.15) is 0 Å². The summed E-state index contributed by atoms with van der Waals surface area (Å²) in [6.45, 7) is 2.06. The summed E-state index contributed by atoms with van der Waals surface area (Å²) in [4.78, 5) is 28.6. The molecule has 0 spiro atoms. The second-order valence-electron chi connectivity index (χ2n) is 7.79. The highest BCUT2D eigenvalue weighted by Crippen LogP contribution is 2.42. The number of benzene rings is 2. The summed E-state index contributed by atoms with van der Waals surface area (Å²) in [5, 5.41) is 3.09. The number of carbonyl (C=O) groups is 2. The fraction of sp³-hybridized carbons (Fsp3) is 0.417. The second kappa shape index (κ2) is 9.41. The molecule has 2 heterocycles. The maximum Gasteiger partial charge on any atom is 0.254 e. The van der Waals surface area contributed by atoms with Gasteiger partial charge in [0, 0.05) is 32.4 Å². The van der Waals surface area contributed by atoms with E-state index in [2.05, 4.69) is 5.32 Å². The third-order valence-corrected chi connectivity index (χ3v) is 5.93. The molecule has 4 rings (SSSR count). The zero-order valence-electron chi connectivity index (χ0n) is 17.3. The summed E-state index contributed by atoms with van der Waals surface area (Å²) in [6, 6.07) is 16.8. The van der Waals surface area contributed by atoms with E-state index >= 15 is 0 Å². The molecule has 2 aliphatic rings. The lowest BCUT2D eigenvalue weighted by molar-refractivity contribution is -0.124. The van der Waals surface area contributed by atoms with Crippen LogP contribution in [0.5, 0.6) is 0 Å². The topological polar surface area (TPSA) is 67.9 Å². The first kappa shape index (κ1) is 20.6. The Bertz CT molecular complexity index is 880. The van der Waals surface area contributed by atoms with Gasteiger partial charge in [-0.2, -0.15) is 0 Å². The molecule has 0 unspecified atom stereocenters. The highest BCUT2D eigenvalue weighted by atomic mass is 16.5. The Kier molecular flexibility index (Phi) is 6.45. The molecule has 2 aromatic carbocycles. The maximum absolute atomic E-state index is 13.5. The van der Waals surface area contributed by atoms with Crippen LogP contribution < -0.4 is 5.32 Å². The standard InChI is InChI=1S/C24H28N2O4/c1-29-15-13-26-22(17-8-3-2-4-9-17)21(19-11-5-6-12-20(19)24(26)28)23(27)25-16-18-10-7-14-30-18/h2-6,8-9,11-12,18,21-22H,7,10,13-16H2,1H3,(H,25,27)/t18-,21-,22-/m0/s1. The summed E-state index contributed by atoms with van der Waals surface area (Å²) >= 11 is 0. The van der Waals surface area contributed by atoms with E-state index in [0.717, 1.165) is 30.6 Å². The van der Waals surface area contributed by atoms with Crippen LogP contribution in [0, 0.1) is 0 Å². The Balaban J connectivity index is 1.72. The third kappa shape index (κ3) is 4.11. The molecule has 3 atom stereocenters. The smallest absolute Gasteiger partial charge is 0.254 e. The van der Waals surface area contributed by atoms with Crippen molar-refractivity contribution in [2.45, 2.75) is 30.9 Å². The van der Waals surface area contributed by atoms with E-state index < -0.39 is 12.0 Å². The van der Waals surface area contributed by atoms with E-state index in [9.17, 15) is 9.59 Å². The van der Waals surface area contributed by atoms with Gasteiger partial charge in [-0.1, -0.05) is 48.5 Å². The van der Waals surface area contributed by atoms with Crippen molar-refractivity contribution >= 4 is 11.8 Å². The first-order chi connectivity index (χ1) is 14.7. The van der Waals surface area contributed by atoms with Crippen molar-refractivity contribution in [1.82, 2.24) is 10.2 Å². The van der Waals surface area contributed by atoms with Crippen molar-refractivity contribution in [2.75, 3.05) is 33.4 Å². The molecule has 158 valence electrons. The van der Waals surface area contributed by atoms with Crippen molar-refractivity contribution in [3.8, 4) is 0 Å². The van der Waals surface area contributed by atoms with Gasteiger partial charge in [-0.25, -0.2) is 0 Å². The van der Waals surface area contributed by atoms with Crippen LogP contribution in [0.15, 0.2) is 54.6 Å². The fourth-order valence-electron chi connectivity index (χ4n) is 4.46. The van der Waals surface area contributed by atoms with Crippen LogP contribution in [0.2, 0.25) is 0 Å². The molecule has 6 nitrogen and oxygen atoms in total. The molecule has 2 aromatic rings. The van der Waals surface area contributed by atoms with Crippen LogP contribution >= 0.6 is 0 Å². The number of carbonyl (C=O) groups excluding carboxylic acids is 2. The normalized spacial score (nSPS) is 23.3. The largest absolute Gasteiger partial charge is 0.383 e. The van der Waals surface area contributed by atoms with Crippen LogP contribution in [0.25, 0.3) is 0 Å². The molecule has 0 radical (unpaired) electrons. The summed E-state index contributed by atoms with van der Waals surface area (Å²) in [7, 11) is 1.62. The molecule has 0 saturated carbocycles. The lowest BCUT2D eigenvalue weighted by Gasteiger charge is -2.41. The van der Waals surface area contributed by atoms with Crippen LogP contribution in [-0.2, 0) is 14.3 Å². The second-order valence-corrected chi connectivity index (χ2v) is 7.79. The zero-order chi connectivity index (χ0) is 20.9. The third-order valence-electron chi connectivity index (χ3n) is 5.93. The monoisotopic (exact) mass is 408 g/mol. The van der Waals surface area contributed by atoms with E-state index in [0.29, 0.717) is 25.3 Å². The van der Waals surface area contributed by atoms with Gasteiger partial charge < -0.3 is 19.7 Å². The van der Waals surface area contributed by atoms with Crippen LogP contribution in [0.3, 0.4) is 0 Å². The van der Waals surface area contributed by atoms with E-state index in [1.165, 1.54) is 0 Å². The zero-order valence-corrected chi connectivity index (χ0v) is 17.3. The Hall–Kier alpha value is -2.70. The fourth-order valence-corrected chi connectivity index (χ4v) is 4.46. The highest BCUT2D eigenvalue weighted by molar-refractivity contribution is 6.01. The van der Waals surface area contributed by atoms with Crippen molar-refractivity contribution in [3.05, 3.63) is 71.3 Å². The van der Waals surface area contributed by atoms with E-state index in [4.69, 9.17) is 9.47 Å². The molecule has 2 aliphatic heterocycles. The highest BCUT2D eigenvalue weighted by Gasteiger charge is 2.43. The summed E-state index contributed by atoms with van der Waals surface area (Å²) < 4.78 is 10.9. The van der Waals surface area contributed by atoms with Gasteiger partial charge in [0.05, 0.1) is 24.7 Å². The molecule has 1 saturated heterocycles. The SMILES string of the molecule is COCCN1C(=O)c2ccccc2[C@H](C(=O)NC[C@@H]2CCCO2)[C@@H]1c1ccccc1. The average Bonchev–Trinajstić information content (AvgIpc) is 3.31. The number of fused-ring (bicyclic) bond motifs is 1. The molecule has 0 aromatic heterocycles. The molecular weight excluding hydrogens is 380 g/mol. The number of hydrogen-bond donors (Lipinski definition) is 1. The molecule has 2 amide bonds. The average molecular weight is 408 g/mol. The first-order valence-electron chi connectivity index (χ1n) is 10.5. The minimum atomic E-state index is -0.500. The predicted molar refractivity (Wildman–Crippen MR) is 113 cm³/mol. The van der Waals surface area contributed by atoms with Crippen molar-refractivity contribution in [3.63, 3.8) is 0 Å². The number of amides is 2. The van der Waals surface area contributed by atoms with Crippen molar-refractivity contribution in [2.24, 2.45) is 0 Å².